The van der Waals surface area contributed by atoms with E-state index in [1.54, 1.807) is 31.2 Å². The van der Waals surface area contributed by atoms with Crippen molar-refractivity contribution in [1.82, 2.24) is 0 Å². The van der Waals surface area contributed by atoms with Crippen LogP contribution < -0.4 is 4.72 Å². The molecule has 1 N–H and O–H groups in total. The van der Waals surface area contributed by atoms with E-state index in [1.165, 1.54) is 11.8 Å². The van der Waals surface area contributed by atoms with Crippen LogP contribution in [-0.2, 0) is 31.4 Å². The third-order valence-electron chi connectivity index (χ3n) is 4.57. The summed E-state index contributed by atoms with van der Waals surface area (Å²) < 4.78 is 33.2. The van der Waals surface area contributed by atoms with Crippen LogP contribution in [0.2, 0.25) is 0 Å². The van der Waals surface area contributed by atoms with Crippen LogP contribution in [0.1, 0.15) is 38.8 Å². The molecule has 0 radical (unpaired) electrons. The number of hydrogen-bond acceptors (Lipinski definition) is 5. The molecule has 1 aliphatic heterocycles. The number of fused-ring (bicyclic) bond motifs is 1. The van der Waals surface area contributed by atoms with E-state index in [4.69, 9.17) is 4.74 Å². The van der Waals surface area contributed by atoms with Crippen molar-refractivity contribution in [3.8, 4) is 0 Å². The van der Waals surface area contributed by atoms with Gasteiger partial charge in [-0.15, -0.1) is 11.8 Å². The lowest BCUT2D eigenvalue weighted by Gasteiger charge is -2.19. The van der Waals surface area contributed by atoms with Crippen LogP contribution in [0.5, 0.6) is 0 Å². The minimum Gasteiger partial charge on any atom is -0.465 e. The second-order valence-electron chi connectivity index (χ2n) is 7.77. The van der Waals surface area contributed by atoms with Crippen molar-refractivity contribution in [2.45, 2.75) is 54.6 Å². The van der Waals surface area contributed by atoms with Crippen LogP contribution in [-0.4, -0.2) is 26.2 Å². The van der Waals surface area contributed by atoms with Crippen LogP contribution in [0.3, 0.4) is 0 Å². The fourth-order valence-corrected chi connectivity index (χ4v) is 5.25. The summed E-state index contributed by atoms with van der Waals surface area (Å²) in [4.78, 5) is 13.2. The van der Waals surface area contributed by atoms with Crippen molar-refractivity contribution in [1.29, 1.82) is 0 Å². The van der Waals surface area contributed by atoms with Crippen LogP contribution in [0.25, 0.3) is 0 Å². The van der Waals surface area contributed by atoms with Gasteiger partial charge in [0.1, 0.15) is 5.25 Å². The highest BCUT2D eigenvalue weighted by Gasteiger charge is 2.30. The van der Waals surface area contributed by atoms with Gasteiger partial charge in [0.05, 0.1) is 11.5 Å². The molecule has 1 heterocycles. The summed E-state index contributed by atoms with van der Waals surface area (Å²) in [7, 11) is -3.68. The minimum atomic E-state index is -3.68. The number of ether oxygens (including phenoxy) is 1. The summed E-state index contributed by atoms with van der Waals surface area (Å²) in [6, 6.07) is 12.3. The van der Waals surface area contributed by atoms with E-state index in [1.807, 2.05) is 18.2 Å². The van der Waals surface area contributed by atoms with Gasteiger partial charge >= 0.3 is 5.97 Å². The van der Waals surface area contributed by atoms with Gasteiger partial charge < -0.3 is 4.74 Å². The van der Waals surface area contributed by atoms with Crippen LogP contribution in [0.15, 0.2) is 52.3 Å². The number of carbonyl (C=O) groups excluding carboxylic acids is 1. The van der Waals surface area contributed by atoms with E-state index in [2.05, 4.69) is 25.5 Å². The van der Waals surface area contributed by atoms with E-state index in [0.29, 0.717) is 18.7 Å². The maximum Gasteiger partial charge on any atom is 0.319 e. The molecule has 2 aromatic carbocycles. The second kappa shape index (κ2) is 7.79. The molecule has 0 aliphatic carbocycles. The monoisotopic (exact) mass is 419 g/mol. The van der Waals surface area contributed by atoms with Crippen molar-refractivity contribution in [2.24, 2.45) is 0 Å². The van der Waals surface area contributed by atoms with E-state index >= 15 is 0 Å². The predicted molar refractivity (Wildman–Crippen MR) is 112 cm³/mol. The Morgan fingerprint density at radius 1 is 1.18 bits per heavy atom. The second-order valence-corrected chi connectivity index (χ2v) is 10.7. The molecule has 2 aromatic rings. The van der Waals surface area contributed by atoms with E-state index < -0.39 is 10.0 Å². The van der Waals surface area contributed by atoms with Crippen LogP contribution in [0, 0.1) is 0 Å². The average molecular weight is 420 g/mol. The van der Waals surface area contributed by atoms with Crippen molar-refractivity contribution in [3.63, 3.8) is 0 Å². The number of sulfonamides is 1. The Kier molecular flexibility index (Phi) is 5.77. The first-order chi connectivity index (χ1) is 13.1. The SMILES string of the molecule is CCOC(=O)C1Cc2cc(NS(=O)(=O)c3ccc(C(C)(C)C)cc3)ccc2S1. The highest BCUT2D eigenvalue weighted by molar-refractivity contribution is 8.01. The topological polar surface area (TPSA) is 72.5 Å². The van der Waals surface area contributed by atoms with Gasteiger partial charge in [0.15, 0.2) is 0 Å². The number of nitrogens with one attached hydrogen (secondary N) is 1. The molecule has 0 bridgehead atoms. The molecule has 5 nitrogen and oxygen atoms in total. The quantitative estimate of drug-likeness (QED) is 0.729. The molecule has 0 aromatic heterocycles. The zero-order chi connectivity index (χ0) is 20.5. The number of benzene rings is 2. The molecular weight excluding hydrogens is 394 g/mol. The van der Waals surface area contributed by atoms with Gasteiger partial charge in [-0.1, -0.05) is 32.9 Å². The largest absolute Gasteiger partial charge is 0.465 e. The van der Waals surface area contributed by atoms with Gasteiger partial charge in [-0.25, -0.2) is 8.42 Å². The van der Waals surface area contributed by atoms with Crippen molar-refractivity contribution in [2.75, 3.05) is 11.3 Å². The lowest BCUT2D eigenvalue weighted by Crippen LogP contribution is -2.19. The molecule has 3 rings (SSSR count). The average Bonchev–Trinajstić information content (AvgIpc) is 3.04. The van der Waals surface area contributed by atoms with E-state index in [9.17, 15) is 13.2 Å². The minimum absolute atomic E-state index is 0.0389. The molecule has 28 heavy (non-hydrogen) atoms. The molecule has 0 amide bonds. The molecule has 1 unspecified atom stereocenters. The first kappa shape index (κ1) is 20.7. The van der Waals surface area contributed by atoms with Crippen LogP contribution >= 0.6 is 11.8 Å². The molecule has 1 atom stereocenters. The number of rotatable bonds is 5. The van der Waals surface area contributed by atoms with Crippen molar-refractivity contribution in [3.05, 3.63) is 53.6 Å². The molecule has 7 heteroatoms. The summed E-state index contributed by atoms with van der Waals surface area (Å²) >= 11 is 1.46. The zero-order valence-electron chi connectivity index (χ0n) is 16.5. The normalized spacial score (nSPS) is 16.5. The smallest absolute Gasteiger partial charge is 0.319 e. The number of hydrogen-bond donors (Lipinski definition) is 1. The third kappa shape index (κ3) is 4.52. The zero-order valence-corrected chi connectivity index (χ0v) is 18.1. The first-order valence-electron chi connectivity index (χ1n) is 9.20. The van der Waals surface area contributed by atoms with Crippen LogP contribution in [0.4, 0.5) is 5.69 Å². The van der Waals surface area contributed by atoms with Gasteiger partial charge in [-0.3, -0.25) is 9.52 Å². The van der Waals surface area contributed by atoms with Gasteiger partial charge in [0.2, 0.25) is 0 Å². The lowest BCUT2D eigenvalue weighted by molar-refractivity contribution is -0.142. The Hall–Kier alpha value is -1.99. The summed E-state index contributed by atoms with van der Waals surface area (Å²) in [5, 5.41) is -0.272. The van der Waals surface area contributed by atoms with Crippen molar-refractivity contribution < 1.29 is 17.9 Å². The Balaban J connectivity index is 1.76. The predicted octanol–water partition coefficient (Wildman–Crippen LogP) is 4.36. The molecule has 150 valence electrons. The Labute approximate surface area is 170 Å². The fourth-order valence-electron chi connectivity index (χ4n) is 3.03. The Morgan fingerprint density at radius 2 is 1.86 bits per heavy atom. The van der Waals surface area contributed by atoms with E-state index in [-0.39, 0.29) is 21.5 Å². The molecule has 0 saturated heterocycles. The first-order valence-corrected chi connectivity index (χ1v) is 11.6. The number of anilines is 1. The number of esters is 1. The summed E-state index contributed by atoms with van der Waals surface area (Å²) in [6.45, 7) is 8.39. The van der Waals surface area contributed by atoms with Crippen molar-refractivity contribution >= 4 is 33.4 Å². The maximum absolute atomic E-state index is 12.7. The molecular formula is C21H25NO4S2. The highest BCUT2D eigenvalue weighted by Crippen LogP contribution is 2.39. The van der Waals surface area contributed by atoms with E-state index in [0.717, 1.165) is 16.0 Å². The molecule has 0 fully saturated rings. The summed E-state index contributed by atoms with van der Waals surface area (Å²) in [5.41, 5.74) is 2.48. The van der Waals surface area contributed by atoms with Gasteiger partial charge in [-0.2, -0.15) is 0 Å². The Morgan fingerprint density at radius 3 is 2.46 bits per heavy atom. The molecule has 0 spiro atoms. The lowest BCUT2D eigenvalue weighted by atomic mass is 9.87. The molecule has 1 aliphatic rings. The van der Waals surface area contributed by atoms with Gasteiger partial charge in [0, 0.05) is 10.6 Å². The fraction of sp³-hybridized carbons (Fsp3) is 0.381. The molecule has 0 saturated carbocycles. The standard InChI is InChI=1S/C21H25NO4S2/c1-5-26-20(23)19-13-14-12-16(8-11-18(14)27-19)22-28(24,25)17-9-6-15(7-10-17)21(2,3)4/h6-12,19,22H,5,13H2,1-4H3. The number of carbonyl (C=O) groups is 1. The Bertz CT molecular complexity index is 976. The highest BCUT2D eigenvalue weighted by atomic mass is 32.2. The van der Waals surface area contributed by atoms with Gasteiger partial charge in [0.25, 0.3) is 10.0 Å². The summed E-state index contributed by atoms with van der Waals surface area (Å²) in [5.74, 6) is -0.232. The number of thioether (sulfide) groups is 1. The van der Waals surface area contributed by atoms with Gasteiger partial charge in [-0.05, 0) is 60.2 Å². The summed E-state index contributed by atoms with van der Waals surface area (Å²) in [6.07, 6.45) is 0.536. The maximum atomic E-state index is 12.7. The third-order valence-corrected chi connectivity index (χ3v) is 7.26.